The fraction of sp³-hybridized carbons (Fsp3) is 0.188. The molecular formula is C16H16ClNO2. The van der Waals surface area contributed by atoms with Gasteiger partial charge in [-0.25, -0.2) is 4.79 Å². The van der Waals surface area contributed by atoms with E-state index >= 15 is 0 Å². The third kappa shape index (κ3) is 3.11. The van der Waals surface area contributed by atoms with E-state index in [1.54, 1.807) is 12.1 Å². The Morgan fingerprint density at radius 3 is 2.60 bits per heavy atom. The number of anilines is 1. The van der Waals surface area contributed by atoms with Gasteiger partial charge in [-0.05, 0) is 36.2 Å². The van der Waals surface area contributed by atoms with Crippen molar-refractivity contribution < 1.29 is 9.90 Å². The van der Waals surface area contributed by atoms with Crippen molar-refractivity contribution in [3.05, 3.63) is 64.2 Å². The average Bonchev–Trinajstić information content (AvgIpc) is 2.40. The minimum Gasteiger partial charge on any atom is -0.478 e. The second-order valence-corrected chi connectivity index (χ2v) is 5.19. The van der Waals surface area contributed by atoms with Gasteiger partial charge in [0.15, 0.2) is 0 Å². The molecule has 0 heterocycles. The summed E-state index contributed by atoms with van der Waals surface area (Å²) in [6, 6.07) is 12.9. The van der Waals surface area contributed by atoms with Crippen molar-refractivity contribution in [1.29, 1.82) is 0 Å². The van der Waals surface area contributed by atoms with Crippen LogP contribution in [-0.2, 0) is 6.54 Å². The van der Waals surface area contributed by atoms with Crippen molar-refractivity contribution in [2.45, 2.75) is 13.5 Å². The molecule has 0 atom stereocenters. The molecule has 0 fully saturated rings. The summed E-state index contributed by atoms with van der Waals surface area (Å²) in [7, 11) is 1.87. The smallest absolute Gasteiger partial charge is 0.337 e. The average molecular weight is 290 g/mol. The maximum absolute atomic E-state index is 11.3. The van der Waals surface area contributed by atoms with E-state index in [1.165, 1.54) is 11.6 Å². The minimum atomic E-state index is -0.951. The molecule has 20 heavy (non-hydrogen) atoms. The maximum atomic E-state index is 11.3. The molecule has 0 unspecified atom stereocenters. The molecule has 2 rings (SSSR count). The number of hydrogen-bond donors (Lipinski definition) is 1. The van der Waals surface area contributed by atoms with Gasteiger partial charge >= 0.3 is 5.97 Å². The van der Waals surface area contributed by atoms with Gasteiger partial charge in [-0.1, -0.05) is 35.9 Å². The maximum Gasteiger partial charge on any atom is 0.337 e. The predicted octanol–water partition coefficient (Wildman–Crippen LogP) is 3.98. The molecule has 0 aliphatic rings. The molecule has 0 amide bonds. The van der Waals surface area contributed by atoms with Crippen LogP contribution in [0.2, 0.25) is 5.02 Å². The number of carbonyl (C=O) groups is 1. The Balaban J connectivity index is 2.34. The molecule has 0 spiro atoms. The summed E-state index contributed by atoms with van der Waals surface area (Å²) >= 11 is 5.98. The van der Waals surface area contributed by atoms with E-state index in [0.717, 1.165) is 5.56 Å². The van der Waals surface area contributed by atoms with Crippen molar-refractivity contribution in [3.63, 3.8) is 0 Å². The van der Waals surface area contributed by atoms with E-state index in [-0.39, 0.29) is 5.56 Å². The molecule has 0 aliphatic carbocycles. The molecule has 0 aliphatic heterocycles. The van der Waals surface area contributed by atoms with Gasteiger partial charge in [0.1, 0.15) is 0 Å². The first-order chi connectivity index (χ1) is 9.49. The van der Waals surface area contributed by atoms with Crippen LogP contribution in [0.3, 0.4) is 0 Å². The zero-order chi connectivity index (χ0) is 14.7. The van der Waals surface area contributed by atoms with E-state index in [2.05, 4.69) is 0 Å². The number of aryl methyl sites for hydroxylation is 1. The van der Waals surface area contributed by atoms with Gasteiger partial charge in [0.25, 0.3) is 0 Å². The van der Waals surface area contributed by atoms with E-state index in [1.807, 2.05) is 43.1 Å². The molecule has 104 valence electrons. The van der Waals surface area contributed by atoms with E-state index in [9.17, 15) is 9.90 Å². The van der Waals surface area contributed by atoms with Crippen LogP contribution in [0.4, 0.5) is 5.69 Å². The highest BCUT2D eigenvalue weighted by molar-refractivity contribution is 6.31. The lowest BCUT2D eigenvalue weighted by molar-refractivity contribution is 0.0697. The molecule has 3 nitrogen and oxygen atoms in total. The second-order valence-electron chi connectivity index (χ2n) is 4.75. The molecule has 0 saturated carbocycles. The van der Waals surface area contributed by atoms with Gasteiger partial charge in [-0.3, -0.25) is 0 Å². The highest BCUT2D eigenvalue weighted by Crippen LogP contribution is 2.26. The van der Waals surface area contributed by atoms with Gasteiger partial charge in [0.2, 0.25) is 0 Å². The number of benzene rings is 2. The number of halogens is 1. The Kier molecular flexibility index (Phi) is 4.30. The molecule has 0 saturated heterocycles. The van der Waals surface area contributed by atoms with Crippen molar-refractivity contribution in [2.24, 2.45) is 0 Å². The summed E-state index contributed by atoms with van der Waals surface area (Å²) in [5, 5.41) is 9.79. The zero-order valence-electron chi connectivity index (χ0n) is 11.4. The Bertz CT molecular complexity index is 640. The van der Waals surface area contributed by atoms with Crippen molar-refractivity contribution in [2.75, 3.05) is 11.9 Å². The van der Waals surface area contributed by atoms with Gasteiger partial charge < -0.3 is 10.0 Å². The molecule has 4 heteroatoms. The van der Waals surface area contributed by atoms with Crippen LogP contribution in [0.1, 0.15) is 21.5 Å². The van der Waals surface area contributed by atoms with Crippen molar-refractivity contribution in [1.82, 2.24) is 0 Å². The van der Waals surface area contributed by atoms with Crippen LogP contribution in [-0.4, -0.2) is 18.1 Å². The summed E-state index contributed by atoms with van der Waals surface area (Å²) in [5.41, 5.74) is 3.21. The van der Waals surface area contributed by atoms with Crippen LogP contribution in [0.5, 0.6) is 0 Å². The quantitative estimate of drug-likeness (QED) is 0.925. The van der Waals surface area contributed by atoms with Crippen molar-refractivity contribution >= 4 is 23.3 Å². The molecule has 0 radical (unpaired) electrons. The SMILES string of the molecule is Cc1ccccc1CN(C)c1cc(Cl)ccc1C(=O)O. The lowest BCUT2D eigenvalue weighted by atomic mass is 10.1. The molecular weight excluding hydrogens is 274 g/mol. The fourth-order valence-electron chi connectivity index (χ4n) is 2.13. The number of carboxylic acids is 1. The van der Waals surface area contributed by atoms with Gasteiger partial charge in [0.05, 0.1) is 11.3 Å². The minimum absolute atomic E-state index is 0.255. The Labute approximate surface area is 123 Å². The van der Waals surface area contributed by atoms with Gasteiger partial charge in [-0.2, -0.15) is 0 Å². The van der Waals surface area contributed by atoms with E-state index in [0.29, 0.717) is 17.3 Å². The van der Waals surface area contributed by atoms with E-state index in [4.69, 9.17) is 11.6 Å². The summed E-state index contributed by atoms with van der Waals surface area (Å²) in [5.74, 6) is -0.951. The third-order valence-corrected chi connectivity index (χ3v) is 3.51. The van der Waals surface area contributed by atoms with Crippen LogP contribution in [0, 0.1) is 6.92 Å². The monoisotopic (exact) mass is 289 g/mol. The standard InChI is InChI=1S/C16H16ClNO2/c1-11-5-3-4-6-12(11)10-18(2)15-9-13(17)7-8-14(15)16(19)20/h3-9H,10H2,1-2H3,(H,19,20). The van der Waals surface area contributed by atoms with Gasteiger partial charge in [0, 0.05) is 18.6 Å². The largest absolute Gasteiger partial charge is 0.478 e. The van der Waals surface area contributed by atoms with Crippen LogP contribution < -0.4 is 4.90 Å². The van der Waals surface area contributed by atoms with Crippen LogP contribution in [0.15, 0.2) is 42.5 Å². The fourth-order valence-corrected chi connectivity index (χ4v) is 2.30. The predicted molar refractivity (Wildman–Crippen MR) is 81.7 cm³/mol. The molecule has 2 aromatic rings. The summed E-state index contributed by atoms with van der Waals surface area (Å²) in [6.07, 6.45) is 0. The zero-order valence-corrected chi connectivity index (χ0v) is 12.2. The first-order valence-electron chi connectivity index (χ1n) is 6.27. The summed E-state index contributed by atoms with van der Waals surface area (Å²) in [4.78, 5) is 13.2. The highest BCUT2D eigenvalue weighted by Gasteiger charge is 2.14. The topological polar surface area (TPSA) is 40.5 Å². The first-order valence-corrected chi connectivity index (χ1v) is 6.65. The lowest BCUT2D eigenvalue weighted by Crippen LogP contribution is -2.20. The molecule has 2 aromatic carbocycles. The number of rotatable bonds is 4. The number of aromatic carboxylic acids is 1. The molecule has 0 bridgehead atoms. The normalized spacial score (nSPS) is 10.3. The third-order valence-electron chi connectivity index (χ3n) is 3.27. The van der Waals surface area contributed by atoms with Crippen LogP contribution in [0.25, 0.3) is 0 Å². The lowest BCUT2D eigenvalue weighted by Gasteiger charge is -2.22. The number of hydrogen-bond acceptors (Lipinski definition) is 2. The Morgan fingerprint density at radius 2 is 1.95 bits per heavy atom. The Morgan fingerprint density at radius 1 is 1.25 bits per heavy atom. The van der Waals surface area contributed by atoms with Gasteiger partial charge in [-0.15, -0.1) is 0 Å². The summed E-state index contributed by atoms with van der Waals surface area (Å²) in [6.45, 7) is 2.67. The Hall–Kier alpha value is -2.00. The second kappa shape index (κ2) is 5.97. The van der Waals surface area contributed by atoms with E-state index < -0.39 is 5.97 Å². The van der Waals surface area contributed by atoms with Crippen LogP contribution >= 0.6 is 11.6 Å². The molecule has 0 aromatic heterocycles. The summed E-state index contributed by atoms with van der Waals surface area (Å²) < 4.78 is 0. The van der Waals surface area contributed by atoms with Crippen molar-refractivity contribution in [3.8, 4) is 0 Å². The number of carboxylic acid groups (broad SMARTS) is 1. The first kappa shape index (κ1) is 14.4. The highest BCUT2D eigenvalue weighted by atomic mass is 35.5. The molecule has 1 N–H and O–H groups in total. The number of nitrogens with zero attached hydrogens (tertiary/aromatic N) is 1.